The van der Waals surface area contributed by atoms with Crippen LogP contribution in [-0.4, -0.2) is 14.4 Å². The first-order valence-corrected chi connectivity index (χ1v) is 17.9. The molecule has 5 atom stereocenters. The van der Waals surface area contributed by atoms with Crippen LogP contribution >= 0.6 is 0 Å². The second-order valence-electron chi connectivity index (χ2n) is 14.7. The first-order valence-electron chi connectivity index (χ1n) is 15.0. The predicted octanol–water partition coefficient (Wildman–Crippen LogP) is 10.6. The van der Waals surface area contributed by atoms with Crippen molar-refractivity contribution in [2.24, 2.45) is 29.1 Å². The average Bonchev–Trinajstić information content (AvgIpc) is 3.10. The molecule has 0 aromatic rings. The summed E-state index contributed by atoms with van der Waals surface area (Å²) in [6, 6.07) is 0. The number of hydrogen-bond acceptors (Lipinski definition) is 1. The van der Waals surface area contributed by atoms with E-state index in [1.54, 1.807) is 5.57 Å². The highest BCUT2D eigenvalue weighted by Gasteiger charge is 2.50. The van der Waals surface area contributed by atoms with Crippen LogP contribution in [0.5, 0.6) is 0 Å². The third-order valence-corrected chi connectivity index (χ3v) is 15.1. The Labute approximate surface area is 220 Å². The topological polar surface area (TPSA) is 9.23 Å². The zero-order valence-corrected chi connectivity index (χ0v) is 25.9. The van der Waals surface area contributed by atoms with E-state index in [1.165, 1.54) is 62.5 Å². The van der Waals surface area contributed by atoms with Gasteiger partial charge in [-0.25, -0.2) is 0 Å². The maximum Gasteiger partial charge on any atom is 0.192 e. The summed E-state index contributed by atoms with van der Waals surface area (Å²) in [5.41, 5.74) is 5.05. The monoisotopic (exact) mass is 498 g/mol. The Morgan fingerprint density at radius 3 is 2.43 bits per heavy atom. The second-order valence-corrected chi connectivity index (χ2v) is 19.4. The van der Waals surface area contributed by atoms with E-state index in [0.717, 1.165) is 42.9 Å². The van der Waals surface area contributed by atoms with Gasteiger partial charge in [0.25, 0.3) is 0 Å². The predicted molar refractivity (Wildman–Crippen MR) is 157 cm³/mol. The summed E-state index contributed by atoms with van der Waals surface area (Å²) in [6.07, 6.45) is 19.8. The van der Waals surface area contributed by atoms with Gasteiger partial charge >= 0.3 is 0 Å². The van der Waals surface area contributed by atoms with E-state index in [1.807, 2.05) is 0 Å². The third-order valence-electron chi connectivity index (χ3n) is 10.6. The van der Waals surface area contributed by atoms with Gasteiger partial charge in [-0.15, -0.1) is 0 Å². The van der Waals surface area contributed by atoms with Gasteiger partial charge in [-0.1, -0.05) is 97.6 Å². The SMILES string of the molecule is C=C1CCC(O[Si](C)(C)C(C)(C)C)C/C1=C/C=C1\CCCC2(C)C1CCC2C(C)CCCC(C)C. The fourth-order valence-electron chi connectivity index (χ4n) is 7.34. The van der Waals surface area contributed by atoms with E-state index in [4.69, 9.17) is 4.43 Å². The molecule has 2 heteroatoms. The molecule has 0 saturated heterocycles. The van der Waals surface area contributed by atoms with Gasteiger partial charge < -0.3 is 4.43 Å². The van der Waals surface area contributed by atoms with Crippen molar-refractivity contribution in [1.82, 2.24) is 0 Å². The van der Waals surface area contributed by atoms with Crippen molar-refractivity contribution in [1.29, 1.82) is 0 Å². The highest BCUT2D eigenvalue weighted by Crippen LogP contribution is 2.60. The highest BCUT2D eigenvalue weighted by atomic mass is 28.4. The van der Waals surface area contributed by atoms with E-state index in [9.17, 15) is 0 Å². The molecular weight excluding hydrogens is 440 g/mol. The lowest BCUT2D eigenvalue weighted by Gasteiger charge is -2.44. The van der Waals surface area contributed by atoms with Gasteiger partial charge in [0.1, 0.15) is 0 Å². The molecule has 0 heterocycles. The zero-order valence-electron chi connectivity index (χ0n) is 24.9. The van der Waals surface area contributed by atoms with Crippen LogP contribution < -0.4 is 0 Å². The summed E-state index contributed by atoms with van der Waals surface area (Å²) < 4.78 is 6.82. The molecule has 0 N–H and O–H groups in total. The molecule has 0 amide bonds. The lowest BCUT2D eigenvalue weighted by atomic mass is 9.60. The Bertz CT molecular complexity index is 794. The van der Waals surface area contributed by atoms with Crippen LogP contribution in [0.3, 0.4) is 0 Å². The Hall–Kier alpha value is -0.603. The second kappa shape index (κ2) is 11.4. The lowest BCUT2D eigenvalue weighted by Crippen LogP contribution is -2.44. The first kappa shape index (κ1) is 29.0. The number of fused-ring (bicyclic) bond motifs is 1. The fourth-order valence-corrected chi connectivity index (χ4v) is 8.73. The van der Waals surface area contributed by atoms with Crippen molar-refractivity contribution in [2.45, 2.75) is 143 Å². The highest BCUT2D eigenvalue weighted by molar-refractivity contribution is 6.74. The minimum Gasteiger partial charge on any atom is -0.414 e. The van der Waals surface area contributed by atoms with Crippen molar-refractivity contribution in [3.8, 4) is 0 Å². The van der Waals surface area contributed by atoms with Gasteiger partial charge in [-0.05, 0) is 104 Å². The number of allylic oxidation sites excluding steroid dienone is 4. The largest absolute Gasteiger partial charge is 0.414 e. The Morgan fingerprint density at radius 1 is 1.06 bits per heavy atom. The van der Waals surface area contributed by atoms with E-state index >= 15 is 0 Å². The number of rotatable bonds is 8. The molecule has 1 nitrogen and oxygen atoms in total. The molecule has 5 unspecified atom stereocenters. The molecule has 3 aliphatic carbocycles. The van der Waals surface area contributed by atoms with Gasteiger partial charge in [-0.3, -0.25) is 0 Å². The van der Waals surface area contributed by atoms with Crippen LogP contribution in [0.4, 0.5) is 0 Å². The molecule has 0 aromatic carbocycles. The minimum absolute atomic E-state index is 0.269. The van der Waals surface area contributed by atoms with Gasteiger partial charge in [0.05, 0.1) is 0 Å². The van der Waals surface area contributed by atoms with Crippen LogP contribution in [0, 0.1) is 29.1 Å². The van der Waals surface area contributed by atoms with E-state index < -0.39 is 8.32 Å². The summed E-state index contributed by atoms with van der Waals surface area (Å²) in [5, 5.41) is 0.269. The molecule has 3 saturated carbocycles. The Morgan fingerprint density at radius 2 is 1.77 bits per heavy atom. The Kier molecular flexibility index (Phi) is 9.45. The zero-order chi connectivity index (χ0) is 26.0. The van der Waals surface area contributed by atoms with Gasteiger partial charge in [0, 0.05) is 6.10 Å². The maximum atomic E-state index is 6.82. The van der Waals surface area contributed by atoms with Crippen molar-refractivity contribution >= 4 is 8.32 Å². The van der Waals surface area contributed by atoms with Crippen LogP contribution in [0.15, 0.2) is 35.5 Å². The van der Waals surface area contributed by atoms with Crippen molar-refractivity contribution in [2.75, 3.05) is 0 Å². The molecule has 0 aliphatic heterocycles. The summed E-state index contributed by atoms with van der Waals surface area (Å²) >= 11 is 0. The van der Waals surface area contributed by atoms with Gasteiger partial charge in [0.15, 0.2) is 8.32 Å². The van der Waals surface area contributed by atoms with Crippen molar-refractivity contribution < 1.29 is 4.43 Å². The quantitative estimate of drug-likeness (QED) is 0.302. The van der Waals surface area contributed by atoms with E-state index in [2.05, 4.69) is 80.3 Å². The summed E-state index contributed by atoms with van der Waals surface area (Å²) in [7, 11) is -1.73. The van der Waals surface area contributed by atoms with Crippen molar-refractivity contribution in [3.63, 3.8) is 0 Å². The molecule has 3 fully saturated rings. The standard InChI is InChI=1S/C33H58OSi/c1-24(2)13-11-14-26(4)30-20-21-31-27(15-12-22-33(30,31)8)17-18-28-23-29(19-16-25(28)3)34-35(9,10)32(5,6)7/h17-18,24,26,29-31H,3,11-16,19-23H2,1-2,4-10H3/b27-17+,28-18-. The molecule has 35 heavy (non-hydrogen) atoms. The minimum atomic E-state index is -1.73. The lowest BCUT2D eigenvalue weighted by molar-refractivity contribution is 0.0929. The fraction of sp³-hybridized carbons (Fsp3) is 0.818. The maximum absolute atomic E-state index is 6.82. The molecule has 0 aromatic heterocycles. The third kappa shape index (κ3) is 6.84. The summed E-state index contributed by atoms with van der Waals surface area (Å²) in [5.74, 6) is 3.41. The molecule has 0 spiro atoms. The Balaban J connectivity index is 1.70. The summed E-state index contributed by atoms with van der Waals surface area (Å²) in [6.45, 7) is 26.2. The molecule has 3 aliphatic rings. The van der Waals surface area contributed by atoms with Crippen LogP contribution in [0.1, 0.15) is 119 Å². The normalized spacial score (nSPS) is 33.5. The average molecular weight is 499 g/mol. The smallest absolute Gasteiger partial charge is 0.192 e. The van der Waals surface area contributed by atoms with E-state index in [0.29, 0.717) is 11.5 Å². The molecule has 0 bridgehead atoms. The van der Waals surface area contributed by atoms with Crippen LogP contribution in [-0.2, 0) is 4.43 Å². The summed E-state index contributed by atoms with van der Waals surface area (Å²) in [4.78, 5) is 0. The molecular formula is C33H58OSi. The molecule has 200 valence electrons. The van der Waals surface area contributed by atoms with Crippen molar-refractivity contribution in [3.05, 3.63) is 35.5 Å². The number of hydrogen-bond donors (Lipinski definition) is 0. The van der Waals surface area contributed by atoms with Crippen LogP contribution in [0.2, 0.25) is 18.1 Å². The van der Waals surface area contributed by atoms with Gasteiger partial charge in [-0.2, -0.15) is 0 Å². The van der Waals surface area contributed by atoms with Gasteiger partial charge in [0.2, 0.25) is 0 Å². The molecule has 0 radical (unpaired) electrons. The van der Waals surface area contributed by atoms with E-state index in [-0.39, 0.29) is 5.04 Å². The first-order chi connectivity index (χ1) is 16.2. The van der Waals surface area contributed by atoms with Crippen LogP contribution in [0.25, 0.3) is 0 Å². The molecule has 3 rings (SSSR count).